The van der Waals surface area contributed by atoms with E-state index in [1.54, 1.807) is 6.92 Å². The van der Waals surface area contributed by atoms with E-state index in [1.807, 2.05) is 27.7 Å². The summed E-state index contributed by atoms with van der Waals surface area (Å²) in [7, 11) is 0. The van der Waals surface area contributed by atoms with E-state index in [0.29, 0.717) is 11.6 Å². The van der Waals surface area contributed by atoms with Crippen LogP contribution < -0.4 is 5.32 Å². The van der Waals surface area contributed by atoms with Crippen LogP contribution in [0.4, 0.5) is 0 Å². The van der Waals surface area contributed by atoms with E-state index in [1.165, 1.54) is 11.8 Å². The second kappa shape index (κ2) is 7.13. The average Bonchev–Trinajstić information content (AvgIpc) is 2.63. The summed E-state index contributed by atoms with van der Waals surface area (Å²) >= 11 is 1.53. The minimum absolute atomic E-state index is 0.140. The Morgan fingerprint density at radius 2 is 2.15 bits per heavy atom. The highest BCUT2D eigenvalue weighted by Crippen LogP contribution is 2.23. The van der Waals surface area contributed by atoms with Gasteiger partial charge in [-0.2, -0.15) is 0 Å². The van der Waals surface area contributed by atoms with Crippen LogP contribution in [-0.2, 0) is 4.79 Å². The maximum atomic E-state index is 11.4. The molecule has 0 radical (unpaired) electrons. The lowest BCUT2D eigenvalue weighted by atomic mass is 9.95. The molecular formula is C14H24N2O3S. The quantitative estimate of drug-likeness (QED) is 0.568. The van der Waals surface area contributed by atoms with Gasteiger partial charge >= 0.3 is 5.97 Å². The third kappa shape index (κ3) is 4.83. The van der Waals surface area contributed by atoms with Gasteiger partial charge in [0, 0.05) is 11.8 Å². The van der Waals surface area contributed by atoms with Gasteiger partial charge in [0.05, 0.1) is 5.69 Å². The van der Waals surface area contributed by atoms with E-state index in [4.69, 9.17) is 4.42 Å². The summed E-state index contributed by atoms with van der Waals surface area (Å²) in [5.74, 6) is 0.825. The zero-order chi connectivity index (χ0) is 15.3. The smallest absolute Gasteiger partial charge is 0.323 e. The van der Waals surface area contributed by atoms with Crippen molar-refractivity contribution in [1.29, 1.82) is 0 Å². The number of thioether (sulfide) groups is 1. The normalized spacial score (nSPS) is 14.5. The number of aryl methyl sites for hydroxylation is 2. The van der Waals surface area contributed by atoms with E-state index in [9.17, 15) is 9.90 Å². The van der Waals surface area contributed by atoms with Crippen LogP contribution in [0.5, 0.6) is 0 Å². The first-order chi connectivity index (χ1) is 9.24. The van der Waals surface area contributed by atoms with Crippen molar-refractivity contribution in [3.63, 3.8) is 0 Å². The molecule has 1 atom stereocenters. The lowest BCUT2D eigenvalue weighted by molar-refractivity contribution is -0.144. The van der Waals surface area contributed by atoms with Gasteiger partial charge < -0.3 is 9.52 Å². The summed E-state index contributed by atoms with van der Waals surface area (Å²) < 4.78 is 5.48. The Labute approximate surface area is 124 Å². The molecule has 1 aromatic heterocycles. The number of carbonyl (C=O) groups is 1. The molecule has 1 unspecified atom stereocenters. The van der Waals surface area contributed by atoms with Gasteiger partial charge in [0.25, 0.3) is 5.22 Å². The number of aromatic nitrogens is 1. The summed E-state index contributed by atoms with van der Waals surface area (Å²) in [6.07, 6.45) is 1.36. The van der Waals surface area contributed by atoms with Crippen LogP contribution in [0.3, 0.4) is 0 Å². The molecule has 1 rings (SSSR count). The maximum Gasteiger partial charge on any atom is 0.323 e. The second-order valence-corrected chi connectivity index (χ2v) is 6.56. The van der Waals surface area contributed by atoms with Gasteiger partial charge in [-0.05, 0) is 47.5 Å². The number of nitrogens with zero attached hydrogens (tertiary/aromatic N) is 1. The molecule has 1 aromatic rings. The fraction of sp³-hybridized carbons (Fsp3) is 0.714. The number of oxazole rings is 1. The number of hydrogen-bond acceptors (Lipinski definition) is 5. The van der Waals surface area contributed by atoms with E-state index >= 15 is 0 Å². The van der Waals surface area contributed by atoms with Gasteiger partial charge in [0.1, 0.15) is 11.3 Å². The predicted molar refractivity (Wildman–Crippen MR) is 80.2 cm³/mol. The molecule has 0 aliphatic heterocycles. The second-order valence-electron chi connectivity index (χ2n) is 5.51. The number of carboxylic acids is 1. The zero-order valence-corrected chi connectivity index (χ0v) is 13.6. The SMILES string of the molecule is Cc1nc(SCCCC(C)(NC(C)C)C(=O)O)oc1C. The number of nitrogens with one attached hydrogen (secondary N) is 1. The van der Waals surface area contributed by atoms with Crippen molar-refractivity contribution in [2.24, 2.45) is 0 Å². The molecule has 0 saturated heterocycles. The number of aliphatic carboxylic acids is 1. The summed E-state index contributed by atoms with van der Waals surface area (Å²) in [6.45, 7) is 9.44. The highest BCUT2D eigenvalue weighted by atomic mass is 32.2. The van der Waals surface area contributed by atoms with Crippen molar-refractivity contribution >= 4 is 17.7 Å². The highest BCUT2D eigenvalue weighted by Gasteiger charge is 2.32. The summed E-state index contributed by atoms with van der Waals surface area (Å²) in [5.41, 5.74) is 0.0290. The molecule has 1 heterocycles. The van der Waals surface area contributed by atoms with Crippen molar-refractivity contribution in [2.45, 2.75) is 64.3 Å². The monoisotopic (exact) mass is 300 g/mol. The van der Waals surface area contributed by atoms with Gasteiger partial charge in [-0.1, -0.05) is 11.8 Å². The van der Waals surface area contributed by atoms with Crippen molar-refractivity contribution < 1.29 is 14.3 Å². The van der Waals surface area contributed by atoms with Crippen LogP contribution >= 0.6 is 11.8 Å². The molecule has 0 aliphatic carbocycles. The minimum Gasteiger partial charge on any atom is -0.480 e. The predicted octanol–water partition coefficient (Wildman–Crippen LogP) is 3.01. The van der Waals surface area contributed by atoms with Crippen LogP contribution in [0.25, 0.3) is 0 Å². The molecule has 0 spiro atoms. The fourth-order valence-electron chi connectivity index (χ4n) is 1.97. The molecule has 6 heteroatoms. The van der Waals surface area contributed by atoms with Gasteiger partial charge in [-0.15, -0.1) is 0 Å². The molecule has 0 saturated carbocycles. The van der Waals surface area contributed by atoms with E-state index in [2.05, 4.69) is 10.3 Å². The minimum atomic E-state index is -0.878. The van der Waals surface area contributed by atoms with Crippen LogP contribution in [0.15, 0.2) is 9.64 Å². The number of hydrogen-bond donors (Lipinski definition) is 2. The third-order valence-corrected chi connectivity index (χ3v) is 4.05. The first kappa shape index (κ1) is 17.0. The molecule has 2 N–H and O–H groups in total. The highest BCUT2D eigenvalue weighted by molar-refractivity contribution is 7.99. The van der Waals surface area contributed by atoms with Crippen molar-refractivity contribution in [2.75, 3.05) is 5.75 Å². The molecule has 0 amide bonds. The number of rotatable bonds is 8. The Hall–Kier alpha value is -1.01. The Morgan fingerprint density at radius 1 is 1.50 bits per heavy atom. The Balaban J connectivity index is 2.43. The van der Waals surface area contributed by atoms with Crippen molar-refractivity contribution in [1.82, 2.24) is 10.3 Å². The average molecular weight is 300 g/mol. The van der Waals surface area contributed by atoms with Crippen molar-refractivity contribution in [3.8, 4) is 0 Å². The Morgan fingerprint density at radius 3 is 2.60 bits per heavy atom. The molecule has 5 nitrogen and oxygen atoms in total. The van der Waals surface area contributed by atoms with E-state index in [0.717, 1.165) is 23.6 Å². The molecule has 0 fully saturated rings. The van der Waals surface area contributed by atoms with E-state index in [-0.39, 0.29) is 6.04 Å². The van der Waals surface area contributed by atoms with Gasteiger partial charge in [0.2, 0.25) is 0 Å². The molecule has 0 bridgehead atoms. The summed E-state index contributed by atoms with van der Waals surface area (Å²) in [4.78, 5) is 15.7. The molecule has 20 heavy (non-hydrogen) atoms. The van der Waals surface area contributed by atoms with Crippen LogP contribution in [0, 0.1) is 13.8 Å². The summed E-state index contributed by atoms with van der Waals surface area (Å²) in [6, 6.07) is 0.140. The van der Waals surface area contributed by atoms with Crippen molar-refractivity contribution in [3.05, 3.63) is 11.5 Å². The Kier molecular flexibility index (Phi) is 6.07. The zero-order valence-electron chi connectivity index (χ0n) is 12.8. The fourth-order valence-corrected chi connectivity index (χ4v) is 2.82. The van der Waals surface area contributed by atoms with Gasteiger partial charge in [-0.25, -0.2) is 4.98 Å². The number of carboxylic acid groups (broad SMARTS) is 1. The van der Waals surface area contributed by atoms with Crippen LogP contribution in [-0.4, -0.2) is 33.4 Å². The van der Waals surface area contributed by atoms with Gasteiger partial charge in [-0.3, -0.25) is 10.1 Å². The topological polar surface area (TPSA) is 75.4 Å². The molecule has 0 aliphatic rings. The third-order valence-electron chi connectivity index (χ3n) is 3.13. The maximum absolute atomic E-state index is 11.4. The first-order valence-corrected chi connectivity index (χ1v) is 7.81. The molecule has 0 aromatic carbocycles. The largest absolute Gasteiger partial charge is 0.480 e. The van der Waals surface area contributed by atoms with Gasteiger partial charge in [0.15, 0.2) is 0 Å². The standard InChI is InChI=1S/C14H24N2O3S/c1-9(2)16-14(5,12(17)18)7-6-8-20-13-15-10(3)11(4)19-13/h9,16H,6-8H2,1-5H3,(H,17,18). The molecular weight excluding hydrogens is 276 g/mol. The summed E-state index contributed by atoms with van der Waals surface area (Å²) in [5, 5.41) is 13.1. The van der Waals surface area contributed by atoms with E-state index < -0.39 is 11.5 Å². The molecule has 114 valence electrons. The van der Waals surface area contributed by atoms with Crippen LogP contribution in [0.1, 0.15) is 45.1 Å². The first-order valence-electron chi connectivity index (χ1n) is 6.82. The lowest BCUT2D eigenvalue weighted by Gasteiger charge is -2.28. The Bertz CT molecular complexity index is 440. The lowest BCUT2D eigenvalue weighted by Crippen LogP contribution is -2.52. The van der Waals surface area contributed by atoms with Crippen LogP contribution in [0.2, 0.25) is 0 Å².